The van der Waals surface area contributed by atoms with Gasteiger partial charge in [-0.2, -0.15) is 0 Å². The molecule has 1 aliphatic heterocycles. The zero-order valence-electron chi connectivity index (χ0n) is 14.8. The van der Waals surface area contributed by atoms with Crippen LogP contribution in [0.2, 0.25) is 0 Å². The normalized spacial score (nSPS) is 48.8. The van der Waals surface area contributed by atoms with E-state index >= 15 is 0 Å². The molecule has 24 heavy (non-hydrogen) atoms. The lowest BCUT2D eigenvalue weighted by molar-refractivity contribution is -0.241. The molecule has 1 heterocycles. The molecule has 0 amide bonds. The van der Waals surface area contributed by atoms with E-state index in [1.54, 1.807) is 6.08 Å². The monoisotopic (exact) mass is 328 g/mol. The molecular formula is C21H28O3. The van der Waals surface area contributed by atoms with Gasteiger partial charge in [-0.15, -0.1) is 0 Å². The van der Waals surface area contributed by atoms with Gasteiger partial charge in [0.1, 0.15) is 0 Å². The van der Waals surface area contributed by atoms with Gasteiger partial charge in [0.2, 0.25) is 0 Å². The minimum absolute atomic E-state index is 0.0886. The maximum absolute atomic E-state index is 11.8. The minimum Gasteiger partial charge on any atom is -0.347 e. The van der Waals surface area contributed by atoms with Crippen molar-refractivity contribution in [2.75, 3.05) is 13.2 Å². The van der Waals surface area contributed by atoms with Crippen LogP contribution in [0, 0.1) is 28.6 Å². The fourth-order valence-electron chi connectivity index (χ4n) is 7.08. The highest BCUT2D eigenvalue weighted by Crippen LogP contribution is 2.68. The summed E-state index contributed by atoms with van der Waals surface area (Å²) in [6.45, 7) is 6.31. The van der Waals surface area contributed by atoms with Crippen molar-refractivity contribution >= 4 is 5.78 Å². The first-order valence-corrected chi connectivity index (χ1v) is 9.71. The van der Waals surface area contributed by atoms with Gasteiger partial charge in [0, 0.05) is 17.3 Å². The molecule has 1 saturated heterocycles. The summed E-state index contributed by atoms with van der Waals surface area (Å²) < 4.78 is 12.4. The van der Waals surface area contributed by atoms with E-state index in [4.69, 9.17) is 9.47 Å². The third-order valence-electron chi connectivity index (χ3n) is 8.35. The first kappa shape index (κ1) is 15.3. The third kappa shape index (κ3) is 1.73. The van der Waals surface area contributed by atoms with E-state index < -0.39 is 0 Å². The van der Waals surface area contributed by atoms with Gasteiger partial charge in [-0.1, -0.05) is 25.5 Å². The van der Waals surface area contributed by atoms with E-state index in [2.05, 4.69) is 19.9 Å². The highest BCUT2D eigenvalue weighted by molar-refractivity contribution is 6.01. The molecule has 5 atom stereocenters. The summed E-state index contributed by atoms with van der Waals surface area (Å²) in [6.07, 6.45) is 12.9. The molecule has 5 rings (SSSR count). The molecule has 3 unspecified atom stereocenters. The summed E-state index contributed by atoms with van der Waals surface area (Å²) in [5.41, 5.74) is 1.63. The maximum Gasteiger partial charge on any atom is 0.178 e. The van der Waals surface area contributed by atoms with Crippen LogP contribution in [-0.2, 0) is 14.3 Å². The minimum atomic E-state index is -0.308. The molecule has 130 valence electrons. The quantitative estimate of drug-likeness (QED) is 0.673. The van der Waals surface area contributed by atoms with Crippen molar-refractivity contribution in [1.29, 1.82) is 0 Å². The fourth-order valence-corrected chi connectivity index (χ4v) is 7.08. The molecule has 4 fully saturated rings. The summed E-state index contributed by atoms with van der Waals surface area (Å²) in [5.74, 6) is 1.96. The van der Waals surface area contributed by atoms with Gasteiger partial charge in [0.15, 0.2) is 11.6 Å². The molecule has 1 spiro atoms. The average Bonchev–Trinajstić information content (AvgIpc) is 3.15. The number of hydrogen-bond donors (Lipinski definition) is 0. The van der Waals surface area contributed by atoms with Crippen molar-refractivity contribution < 1.29 is 14.3 Å². The number of hydrogen-bond acceptors (Lipinski definition) is 3. The van der Waals surface area contributed by atoms with Crippen molar-refractivity contribution in [2.45, 2.75) is 58.2 Å². The zero-order valence-corrected chi connectivity index (χ0v) is 14.8. The Morgan fingerprint density at radius 2 is 1.79 bits per heavy atom. The Bertz CT molecular complexity index is 641. The van der Waals surface area contributed by atoms with Gasteiger partial charge in [-0.05, 0) is 62.0 Å². The van der Waals surface area contributed by atoms with Crippen LogP contribution in [0.3, 0.4) is 0 Å². The van der Waals surface area contributed by atoms with Crippen molar-refractivity contribution in [3.05, 3.63) is 23.8 Å². The van der Waals surface area contributed by atoms with Crippen molar-refractivity contribution in [1.82, 2.24) is 0 Å². The number of carbonyl (C=O) groups is 1. The van der Waals surface area contributed by atoms with Crippen LogP contribution >= 0.6 is 0 Å². The molecule has 0 aromatic heterocycles. The number of ketones is 1. The zero-order chi connectivity index (χ0) is 16.6. The van der Waals surface area contributed by atoms with E-state index in [0.717, 1.165) is 32.0 Å². The van der Waals surface area contributed by atoms with Crippen LogP contribution in [0.25, 0.3) is 0 Å². The summed E-state index contributed by atoms with van der Waals surface area (Å²) in [4.78, 5) is 11.8. The summed E-state index contributed by atoms with van der Waals surface area (Å²) >= 11 is 0. The summed E-state index contributed by atoms with van der Waals surface area (Å²) in [7, 11) is 0. The topological polar surface area (TPSA) is 35.5 Å². The lowest BCUT2D eigenvalue weighted by Crippen LogP contribution is -2.54. The van der Waals surface area contributed by atoms with Gasteiger partial charge in [0.25, 0.3) is 0 Å². The highest BCUT2D eigenvalue weighted by atomic mass is 16.7. The molecule has 3 nitrogen and oxygen atoms in total. The molecule has 0 N–H and O–H groups in total. The number of ether oxygens (including phenoxy) is 2. The van der Waals surface area contributed by atoms with Crippen molar-refractivity contribution in [3.8, 4) is 0 Å². The number of fused-ring (bicyclic) bond motifs is 6. The molecule has 3 heteroatoms. The maximum atomic E-state index is 11.8. The van der Waals surface area contributed by atoms with Crippen LogP contribution in [0.5, 0.6) is 0 Å². The highest BCUT2D eigenvalue weighted by Gasteiger charge is 2.66. The van der Waals surface area contributed by atoms with Gasteiger partial charge >= 0.3 is 0 Å². The molecule has 0 aromatic carbocycles. The SMILES string of the molecule is C[C@]12C=CC(=O)C=C1CCC1C2CC[C@@]2(C)C1CCC21OCCO1. The van der Waals surface area contributed by atoms with Crippen molar-refractivity contribution in [3.63, 3.8) is 0 Å². The third-order valence-corrected chi connectivity index (χ3v) is 8.35. The van der Waals surface area contributed by atoms with E-state index in [0.29, 0.717) is 11.8 Å². The Morgan fingerprint density at radius 1 is 1.04 bits per heavy atom. The predicted octanol–water partition coefficient (Wildman–Crippen LogP) is 4.04. The summed E-state index contributed by atoms with van der Waals surface area (Å²) in [6, 6.07) is 0. The van der Waals surface area contributed by atoms with Crippen LogP contribution < -0.4 is 0 Å². The fraction of sp³-hybridized carbons (Fsp3) is 0.762. The van der Waals surface area contributed by atoms with Gasteiger partial charge < -0.3 is 9.47 Å². The Balaban J connectivity index is 1.51. The lowest BCUT2D eigenvalue weighted by atomic mass is 9.48. The molecule has 3 saturated carbocycles. The lowest BCUT2D eigenvalue weighted by Gasteiger charge is -2.57. The van der Waals surface area contributed by atoms with Gasteiger partial charge in [-0.25, -0.2) is 0 Å². The van der Waals surface area contributed by atoms with E-state index in [1.165, 1.54) is 31.3 Å². The van der Waals surface area contributed by atoms with Crippen LogP contribution in [0.1, 0.15) is 52.4 Å². The van der Waals surface area contributed by atoms with Crippen LogP contribution in [0.15, 0.2) is 23.8 Å². The first-order chi connectivity index (χ1) is 11.5. The Hall–Kier alpha value is -0.930. The number of rotatable bonds is 0. The van der Waals surface area contributed by atoms with Gasteiger partial charge in [-0.3, -0.25) is 4.79 Å². The second kappa shape index (κ2) is 4.82. The Morgan fingerprint density at radius 3 is 2.58 bits per heavy atom. The van der Waals surface area contributed by atoms with Crippen LogP contribution in [0.4, 0.5) is 0 Å². The molecule has 0 bridgehead atoms. The van der Waals surface area contributed by atoms with Gasteiger partial charge in [0.05, 0.1) is 13.2 Å². The van der Waals surface area contributed by atoms with E-state index in [-0.39, 0.29) is 22.4 Å². The van der Waals surface area contributed by atoms with Crippen LogP contribution in [-0.4, -0.2) is 24.8 Å². The number of carbonyl (C=O) groups excluding carboxylic acids is 1. The van der Waals surface area contributed by atoms with Crippen molar-refractivity contribution in [2.24, 2.45) is 28.6 Å². The predicted molar refractivity (Wildman–Crippen MR) is 91.3 cm³/mol. The first-order valence-electron chi connectivity index (χ1n) is 9.71. The number of allylic oxidation sites excluding steroid dienone is 4. The second-order valence-electron chi connectivity index (χ2n) is 9.05. The molecule has 4 aliphatic carbocycles. The summed E-state index contributed by atoms with van der Waals surface area (Å²) in [5, 5.41) is 0. The Labute approximate surface area is 144 Å². The smallest absolute Gasteiger partial charge is 0.178 e. The van der Waals surface area contributed by atoms with E-state index in [9.17, 15) is 4.79 Å². The van der Waals surface area contributed by atoms with E-state index in [1.807, 2.05) is 6.08 Å². The molecule has 5 aliphatic rings. The standard InChI is InChI=1S/C21H28O3/c1-19-8-5-15(22)13-14(19)3-4-16-17(19)6-9-20(2)18(16)7-10-21(20)23-11-12-24-21/h5,8,13,16-18H,3-4,6-7,9-12H2,1-2H3/t16?,17?,18?,19-,20-/m0/s1. The average molecular weight is 328 g/mol. The largest absolute Gasteiger partial charge is 0.347 e. The second-order valence-corrected chi connectivity index (χ2v) is 9.05. The Kier molecular flexibility index (Phi) is 3.08. The molecule has 0 radical (unpaired) electrons. The molecular weight excluding hydrogens is 300 g/mol. The molecule has 0 aromatic rings.